The Kier molecular flexibility index (Phi) is 2.16. The number of rotatable bonds is 2. The van der Waals surface area contributed by atoms with Crippen LogP contribution in [0.4, 0.5) is 10.5 Å². The third kappa shape index (κ3) is 1.75. The number of nitro groups is 1. The molecular weight excluding hydrogens is 218 g/mol. The fourth-order valence-electron chi connectivity index (χ4n) is 1.20. The average Bonchev–Trinajstić information content (AvgIpc) is 2.56. The monoisotopic (exact) mass is 223 g/mol. The Balaban J connectivity index is 2.45. The van der Waals surface area contributed by atoms with Crippen molar-refractivity contribution >= 4 is 17.5 Å². The fourth-order valence-corrected chi connectivity index (χ4v) is 1.20. The van der Waals surface area contributed by atoms with Gasteiger partial charge in [-0.1, -0.05) is 0 Å². The summed E-state index contributed by atoms with van der Waals surface area (Å²) in [5.74, 6) is -0.131. The number of nitrogens with zero attached hydrogens (tertiary/aromatic N) is 3. The molecule has 82 valence electrons. The van der Waals surface area contributed by atoms with Gasteiger partial charge in [0.15, 0.2) is 0 Å². The summed E-state index contributed by atoms with van der Waals surface area (Å²) in [5.41, 5.74) is 0.116. The largest absolute Gasteiger partial charge is 0.512 e. The second-order valence-corrected chi connectivity index (χ2v) is 2.85. The van der Waals surface area contributed by atoms with Crippen molar-refractivity contribution in [3.63, 3.8) is 0 Å². The van der Waals surface area contributed by atoms with E-state index in [1.165, 1.54) is 28.9 Å². The van der Waals surface area contributed by atoms with Crippen LogP contribution in [0.1, 0.15) is 0 Å². The lowest BCUT2D eigenvalue weighted by atomic mass is 10.4. The molecule has 2 aromatic heterocycles. The van der Waals surface area contributed by atoms with Crippen molar-refractivity contribution in [2.24, 2.45) is 0 Å². The average molecular weight is 223 g/mol. The third-order valence-corrected chi connectivity index (χ3v) is 1.82. The summed E-state index contributed by atoms with van der Waals surface area (Å²) in [6, 6.07) is 2.49. The minimum atomic E-state index is -1.49. The first-order valence-corrected chi connectivity index (χ1v) is 4.10. The molecule has 0 amide bonds. The normalized spacial score (nSPS) is 10.2. The lowest BCUT2D eigenvalue weighted by Gasteiger charge is -1.91. The predicted molar refractivity (Wildman–Crippen MR) is 50.5 cm³/mol. The maximum Gasteiger partial charge on any atom is 0.512 e. The van der Waals surface area contributed by atoms with Crippen LogP contribution in [0, 0.1) is 10.1 Å². The predicted octanol–water partition coefficient (Wildman–Crippen LogP) is 1.30. The molecule has 2 rings (SSSR count). The summed E-state index contributed by atoms with van der Waals surface area (Å²) >= 11 is 0. The summed E-state index contributed by atoms with van der Waals surface area (Å²) < 4.78 is 5.74. The number of carbonyl (C=O) groups is 1. The number of hydrogen-bond acceptors (Lipinski definition) is 5. The topological polar surface area (TPSA) is 107 Å². The van der Waals surface area contributed by atoms with Crippen molar-refractivity contribution < 1.29 is 19.6 Å². The molecular formula is C8H5N3O5. The second-order valence-electron chi connectivity index (χ2n) is 2.85. The van der Waals surface area contributed by atoms with Gasteiger partial charge in [0.05, 0.1) is 17.2 Å². The summed E-state index contributed by atoms with van der Waals surface area (Å²) in [7, 11) is 0. The van der Waals surface area contributed by atoms with E-state index in [-0.39, 0.29) is 17.2 Å². The van der Waals surface area contributed by atoms with Gasteiger partial charge >= 0.3 is 6.16 Å². The molecule has 2 aromatic rings. The Bertz CT molecular complexity index is 576. The molecule has 0 saturated heterocycles. The van der Waals surface area contributed by atoms with Crippen LogP contribution in [0.5, 0.6) is 5.88 Å². The lowest BCUT2D eigenvalue weighted by molar-refractivity contribution is -0.384. The third-order valence-electron chi connectivity index (χ3n) is 1.82. The molecule has 0 atom stereocenters. The Hall–Kier alpha value is -2.64. The maximum absolute atomic E-state index is 10.5. The molecule has 0 radical (unpaired) electrons. The number of pyridine rings is 1. The van der Waals surface area contributed by atoms with Crippen molar-refractivity contribution in [1.29, 1.82) is 0 Å². The second kappa shape index (κ2) is 3.50. The van der Waals surface area contributed by atoms with E-state index in [0.717, 1.165) is 0 Å². The molecule has 0 bridgehead atoms. The van der Waals surface area contributed by atoms with Gasteiger partial charge in [-0.2, -0.15) is 4.98 Å². The van der Waals surface area contributed by atoms with E-state index >= 15 is 0 Å². The molecule has 8 heteroatoms. The molecule has 0 aliphatic heterocycles. The van der Waals surface area contributed by atoms with Crippen LogP contribution in [-0.2, 0) is 0 Å². The van der Waals surface area contributed by atoms with Gasteiger partial charge < -0.3 is 14.2 Å². The highest BCUT2D eigenvalue weighted by atomic mass is 16.7. The SMILES string of the molecule is O=C(O)Oc1cn2ccc([N+](=O)[O-])cc2n1. The fraction of sp³-hybridized carbons (Fsp3) is 0. The van der Waals surface area contributed by atoms with E-state index in [1.807, 2.05) is 0 Å². The van der Waals surface area contributed by atoms with Crippen LogP contribution in [0.3, 0.4) is 0 Å². The highest BCUT2D eigenvalue weighted by Crippen LogP contribution is 2.17. The van der Waals surface area contributed by atoms with Crippen molar-refractivity contribution in [2.45, 2.75) is 0 Å². The van der Waals surface area contributed by atoms with Crippen molar-refractivity contribution in [2.75, 3.05) is 0 Å². The van der Waals surface area contributed by atoms with E-state index in [2.05, 4.69) is 9.72 Å². The standard InChI is InChI=1S/C8H5N3O5/c12-8(13)16-7-4-10-2-1-5(11(14)15)3-6(10)9-7/h1-4H,(H,12,13). The van der Waals surface area contributed by atoms with E-state index in [0.29, 0.717) is 0 Å². The Morgan fingerprint density at radius 3 is 3.00 bits per heavy atom. The highest BCUT2D eigenvalue weighted by molar-refractivity contribution is 5.61. The van der Waals surface area contributed by atoms with Crippen LogP contribution >= 0.6 is 0 Å². The first kappa shape index (κ1) is 9.90. The van der Waals surface area contributed by atoms with Crippen molar-refractivity contribution in [3.8, 4) is 5.88 Å². The molecule has 0 unspecified atom stereocenters. The molecule has 0 saturated carbocycles. The molecule has 0 aromatic carbocycles. The minimum absolute atomic E-state index is 0.125. The van der Waals surface area contributed by atoms with E-state index < -0.39 is 11.1 Å². The number of hydrogen-bond donors (Lipinski definition) is 1. The Morgan fingerprint density at radius 2 is 2.38 bits per heavy atom. The first-order valence-electron chi connectivity index (χ1n) is 4.10. The van der Waals surface area contributed by atoms with Gasteiger partial charge in [-0.15, -0.1) is 0 Å². The highest BCUT2D eigenvalue weighted by Gasteiger charge is 2.10. The summed E-state index contributed by atoms with van der Waals surface area (Å²) in [5, 5.41) is 18.8. The molecule has 0 spiro atoms. The number of aromatic nitrogens is 2. The zero-order chi connectivity index (χ0) is 11.7. The van der Waals surface area contributed by atoms with Gasteiger partial charge in [-0.25, -0.2) is 4.79 Å². The van der Waals surface area contributed by atoms with E-state index in [4.69, 9.17) is 5.11 Å². The number of carboxylic acid groups (broad SMARTS) is 1. The van der Waals surface area contributed by atoms with Crippen LogP contribution in [0.15, 0.2) is 24.5 Å². The molecule has 0 fully saturated rings. The summed E-state index contributed by atoms with van der Waals surface area (Å²) in [6.07, 6.45) is 1.22. The van der Waals surface area contributed by atoms with Crippen LogP contribution in [0.2, 0.25) is 0 Å². The van der Waals surface area contributed by atoms with E-state index in [1.54, 1.807) is 0 Å². The summed E-state index contributed by atoms with van der Waals surface area (Å²) in [4.78, 5) is 23.9. The molecule has 8 nitrogen and oxygen atoms in total. The zero-order valence-corrected chi connectivity index (χ0v) is 7.73. The quantitative estimate of drug-likeness (QED) is 0.467. The van der Waals surface area contributed by atoms with Crippen molar-refractivity contribution in [3.05, 3.63) is 34.6 Å². The van der Waals surface area contributed by atoms with Crippen LogP contribution in [0.25, 0.3) is 5.65 Å². The van der Waals surface area contributed by atoms with E-state index in [9.17, 15) is 14.9 Å². The zero-order valence-electron chi connectivity index (χ0n) is 7.73. The minimum Gasteiger partial charge on any atom is -0.449 e. The maximum atomic E-state index is 10.5. The Morgan fingerprint density at radius 1 is 1.62 bits per heavy atom. The van der Waals surface area contributed by atoms with Gasteiger partial charge in [-0.05, 0) is 0 Å². The summed E-state index contributed by atoms with van der Waals surface area (Å²) in [6.45, 7) is 0. The van der Waals surface area contributed by atoms with Gasteiger partial charge in [0.2, 0.25) is 5.88 Å². The molecule has 0 aliphatic carbocycles. The van der Waals surface area contributed by atoms with Crippen molar-refractivity contribution in [1.82, 2.24) is 9.38 Å². The smallest absolute Gasteiger partial charge is 0.449 e. The lowest BCUT2D eigenvalue weighted by Crippen LogP contribution is -2.02. The molecule has 2 heterocycles. The Labute approximate surface area is 87.9 Å². The van der Waals surface area contributed by atoms with Crippen LogP contribution in [-0.4, -0.2) is 25.6 Å². The number of fused-ring (bicyclic) bond motifs is 1. The van der Waals surface area contributed by atoms with Gasteiger partial charge in [0.25, 0.3) is 5.69 Å². The number of ether oxygens (including phenoxy) is 1. The van der Waals surface area contributed by atoms with Gasteiger partial charge in [0, 0.05) is 12.3 Å². The van der Waals surface area contributed by atoms with Crippen LogP contribution < -0.4 is 4.74 Å². The molecule has 16 heavy (non-hydrogen) atoms. The first-order chi connectivity index (χ1) is 7.56. The van der Waals surface area contributed by atoms with Gasteiger partial charge in [0.1, 0.15) is 5.65 Å². The number of imidazole rings is 1. The molecule has 0 aliphatic rings. The van der Waals surface area contributed by atoms with Gasteiger partial charge in [-0.3, -0.25) is 10.1 Å². The molecule has 1 N–H and O–H groups in total.